The van der Waals surface area contributed by atoms with Crippen molar-refractivity contribution in [3.05, 3.63) is 60.2 Å². The number of carbonyl (C=O) groups excluding carboxylic acids is 4. The van der Waals surface area contributed by atoms with E-state index in [1.165, 1.54) is 4.90 Å². The molecule has 1 aromatic heterocycles. The summed E-state index contributed by atoms with van der Waals surface area (Å²) in [6.45, 7) is 10.9. The predicted molar refractivity (Wildman–Crippen MR) is 219 cm³/mol. The summed E-state index contributed by atoms with van der Waals surface area (Å²) in [6, 6.07) is 13.0. The Labute approximate surface area is 340 Å². The standard InChI is InChI=1S/C43H54N6O8S/c1-7-28-24-43(28,39(52)48-58(54,55)30-18-19-30)47-36(50)33-23-29-25-49(33)38(51)35(41(2,3)4)46-40(53)57-42(5,6)21-13-9-10-14-26-17-20-31-32(22-26)45-37(56-29)34(44-31)27-15-11-8-12-16-27/h8,10-12,14-17,20,22,28-30,33,35H,7,9,13,18-19,21,23-25H2,1-6H3,(H,46,53)(H,47,50)(H,48,52)/b14-10-/t28-,29-,33+,35-,43+/m1/s1. The molecule has 0 unspecified atom stereocenters. The van der Waals surface area contributed by atoms with Crippen molar-refractivity contribution in [1.29, 1.82) is 0 Å². The zero-order valence-electron chi connectivity index (χ0n) is 34.0. The number of hydrogen-bond acceptors (Lipinski definition) is 10. The molecule has 4 amide bonds. The molecule has 14 nitrogen and oxygen atoms in total. The predicted octanol–water partition coefficient (Wildman–Crippen LogP) is 5.66. The van der Waals surface area contributed by atoms with E-state index >= 15 is 0 Å². The van der Waals surface area contributed by atoms with Crippen molar-refractivity contribution in [3.8, 4) is 17.1 Å². The topological polar surface area (TPSA) is 186 Å². The number of cyclic esters (lactones) is 1. The van der Waals surface area contributed by atoms with Gasteiger partial charge in [-0.05, 0) is 81.4 Å². The highest BCUT2D eigenvalue weighted by molar-refractivity contribution is 7.91. The summed E-state index contributed by atoms with van der Waals surface area (Å²) in [5.74, 6) is -2.03. The van der Waals surface area contributed by atoms with Crippen LogP contribution in [0.15, 0.2) is 54.6 Å². The Bertz CT molecular complexity index is 2240. The van der Waals surface area contributed by atoms with Crippen LogP contribution < -0.4 is 20.1 Å². The van der Waals surface area contributed by atoms with Crippen molar-refractivity contribution < 1.29 is 37.1 Å². The highest BCUT2D eigenvalue weighted by Gasteiger charge is 2.62. The van der Waals surface area contributed by atoms with E-state index in [0.717, 1.165) is 24.0 Å². The van der Waals surface area contributed by atoms with Crippen molar-refractivity contribution in [1.82, 2.24) is 30.2 Å². The normalized spacial score (nSPS) is 27.0. The van der Waals surface area contributed by atoms with E-state index in [-0.39, 0.29) is 31.2 Å². The molecule has 0 radical (unpaired) electrons. The molecule has 2 aliphatic heterocycles. The van der Waals surface area contributed by atoms with Gasteiger partial charge in [-0.25, -0.2) is 23.2 Å². The van der Waals surface area contributed by atoms with Gasteiger partial charge in [-0.2, -0.15) is 0 Å². The van der Waals surface area contributed by atoms with Gasteiger partial charge in [-0.15, -0.1) is 0 Å². The Kier molecular flexibility index (Phi) is 11.1. The van der Waals surface area contributed by atoms with Crippen LogP contribution in [0.4, 0.5) is 4.79 Å². The molecule has 2 aromatic carbocycles. The third-order valence-corrected chi connectivity index (χ3v) is 13.4. The first kappa shape index (κ1) is 41.1. The summed E-state index contributed by atoms with van der Waals surface area (Å²) in [6.07, 6.45) is 6.31. The Morgan fingerprint density at radius 2 is 1.78 bits per heavy atom. The fourth-order valence-electron chi connectivity index (χ4n) is 7.98. The van der Waals surface area contributed by atoms with Crippen molar-refractivity contribution in [2.75, 3.05) is 6.54 Å². The van der Waals surface area contributed by atoms with Gasteiger partial charge >= 0.3 is 6.09 Å². The molecule has 1 saturated heterocycles. The maximum absolute atomic E-state index is 14.8. The van der Waals surface area contributed by atoms with Crippen LogP contribution in [0, 0.1) is 11.3 Å². The van der Waals surface area contributed by atoms with E-state index in [4.69, 9.17) is 19.4 Å². The Morgan fingerprint density at radius 1 is 1.03 bits per heavy atom. The van der Waals surface area contributed by atoms with Crippen molar-refractivity contribution in [2.24, 2.45) is 11.3 Å². The molecule has 3 heterocycles. The van der Waals surface area contributed by atoms with Crippen LogP contribution >= 0.6 is 0 Å². The number of alkyl carbamates (subject to hydrolysis) is 1. The Hall–Kier alpha value is -5.05. The maximum Gasteiger partial charge on any atom is 0.408 e. The average Bonchev–Trinajstić information content (AvgIpc) is 4.09. The molecule has 3 fully saturated rings. The van der Waals surface area contributed by atoms with Crippen LogP contribution in [0.25, 0.3) is 28.4 Å². The van der Waals surface area contributed by atoms with Gasteiger partial charge in [0.2, 0.25) is 27.7 Å². The number of fused-ring (bicyclic) bond motifs is 4. The molecule has 5 atom stereocenters. The third-order valence-electron chi connectivity index (χ3n) is 11.6. The van der Waals surface area contributed by atoms with Crippen LogP contribution in [0.5, 0.6) is 5.88 Å². The first-order valence-electron chi connectivity index (χ1n) is 20.3. The summed E-state index contributed by atoms with van der Waals surface area (Å²) < 4.78 is 40.4. The molecule has 0 spiro atoms. The van der Waals surface area contributed by atoms with Gasteiger partial charge in [0.05, 0.1) is 22.8 Å². The number of ether oxygens (including phenoxy) is 2. The number of rotatable bonds is 7. The number of allylic oxidation sites excluding steroid dienone is 1. The van der Waals surface area contributed by atoms with Gasteiger partial charge in [0, 0.05) is 12.0 Å². The first-order valence-corrected chi connectivity index (χ1v) is 21.8. The highest BCUT2D eigenvalue weighted by atomic mass is 32.2. The number of aromatic nitrogens is 2. The molecule has 7 rings (SSSR count). The summed E-state index contributed by atoms with van der Waals surface area (Å²) >= 11 is 0. The minimum absolute atomic E-state index is 0.0114. The number of amides is 4. The monoisotopic (exact) mass is 814 g/mol. The molecule has 15 heteroatoms. The number of nitrogens with one attached hydrogen (secondary N) is 3. The molecule has 2 saturated carbocycles. The lowest BCUT2D eigenvalue weighted by Gasteiger charge is -2.36. The van der Waals surface area contributed by atoms with Gasteiger partial charge in [-0.3, -0.25) is 19.1 Å². The second-order valence-corrected chi connectivity index (χ2v) is 19.8. The molecule has 3 N–H and O–H groups in total. The minimum atomic E-state index is -3.89. The van der Waals surface area contributed by atoms with Crippen LogP contribution in [0.1, 0.15) is 98.5 Å². The van der Waals surface area contributed by atoms with Crippen molar-refractivity contribution >= 4 is 50.9 Å². The van der Waals surface area contributed by atoms with Crippen LogP contribution in [0.3, 0.4) is 0 Å². The molecule has 5 bridgehead atoms. The van der Waals surface area contributed by atoms with E-state index in [2.05, 4.69) is 21.4 Å². The molecular formula is C43H54N6O8S. The molecule has 4 aliphatic rings. The smallest absolute Gasteiger partial charge is 0.408 e. The Morgan fingerprint density at radius 3 is 2.45 bits per heavy atom. The zero-order chi connectivity index (χ0) is 41.6. The quantitative estimate of drug-likeness (QED) is 0.269. The van der Waals surface area contributed by atoms with Gasteiger partial charge in [0.15, 0.2) is 0 Å². The molecule has 2 aliphatic carbocycles. The SMILES string of the molecule is CC[C@@H]1C[C@@]1(NC(=O)[C@@H]1C[C@@H]2CN1C(=O)[C@H](C(C)(C)C)NC(=O)OC(C)(C)CCC/C=C\c1ccc3nc(-c4ccccc4)c(nc3c1)O2)C(=O)NS(=O)(=O)C1CC1. The van der Waals surface area contributed by atoms with Crippen LogP contribution in [-0.2, 0) is 29.1 Å². The van der Waals surface area contributed by atoms with Gasteiger partial charge in [-0.1, -0.05) is 82.7 Å². The second-order valence-electron chi connectivity index (χ2n) is 17.8. The van der Waals surface area contributed by atoms with E-state index in [1.54, 1.807) is 0 Å². The van der Waals surface area contributed by atoms with Crippen LogP contribution in [-0.4, -0.2) is 88.2 Å². The molecule has 310 valence electrons. The number of hydrogen-bond donors (Lipinski definition) is 3. The summed E-state index contributed by atoms with van der Waals surface area (Å²) in [5, 5.41) is 5.08. The van der Waals surface area contributed by atoms with E-state index < -0.39 is 73.8 Å². The molecular weight excluding hydrogens is 761 g/mol. The Balaban J connectivity index is 1.27. The number of nitrogens with zero attached hydrogens (tertiary/aromatic N) is 3. The lowest BCUT2D eigenvalue weighted by molar-refractivity contribution is -0.143. The second kappa shape index (κ2) is 15.6. The van der Waals surface area contributed by atoms with Crippen LogP contribution in [0.2, 0.25) is 0 Å². The zero-order valence-corrected chi connectivity index (χ0v) is 34.9. The van der Waals surface area contributed by atoms with Crippen molar-refractivity contribution in [3.63, 3.8) is 0 Å². The largest absolute Gasteiger partial charge is 0.471 e. The summed E-state index contributed by atoms with van der Waals surface area (Å²) in [4.78, 5) is 67.9. The summed E-state index contributed by atoms with van der Waals surface area (Å²) in [7, 11) is -3.89. The van der Waals surface area contributed by atoms with Gasteiger partial charge in [0.1, 0.15) is 35.0 Å². The van der Waals surface area contributed by atoms with Gasteiger partial charge in [0.25, 0.3) is 5.91 Å². The van der Waals surface area contributed by atoms with Crippen molar-refractivity contribution in [2.45, 2.75) is 127 Å². The van der Waals surface area contributed by atoms with E-state index in [9.17, 15) is 27.6 Å². The average molecular weight is 815 g/mol. The molecule has 3 aromatic rings. The number of sulfonamides is 1. The fourth-order valence-corrected chi connectivity index (χ4v) is 9.35. The number of benzene rings is 2. The third kappa shape index (κ3) is 8.84. The van der Waals surface area contributed by atoms with Gasteiger partial charge < -0.3 is 25.0 Å². The lowest BCUT2D eigenvalue weighted by Crippen LogP contribution is -2.60. The summed E-state index contributed by atoms with van der Waals surface area (Å²) in [5.41, 5.74) is 0.302. The molecule has 58 heavy (non-hydrogen) atoms. The number of carbonyl (C=O) groups is 4. The maximum atomic E-state index is 14.8. The minimum Gasteiger partial charge on any atom is -0.471 e. The lowest BCUT2D eigenvalue weighted by atomic mass is 9.85. The fraction of sp³-hybridized carbons (Fsp3) is 0.535. The highest BCUT2D eigenvalue weighted by Crippen LogP contribution is 2.47. The van der Waals surface area contributed by atoms with E-state index in [1.807, 2.05) is 96.1 Å². The first-order chi connectivity index (χ1) is 27.4. The van der Waals surface area contributed by atoms with E-state index in [0.29, 0.717) is 42.4 Å².